The minimum absolute atomic E-state index is 0.110. The van der Waals surface area contributed by atoms with Crippen molar-refractivity contribution in [3.05, 3.63) is 58.4 Å². The van der Waals surface area contributed by atoms with Crippen molar-refractivity contribution in [1.29, 1.82) is 0 Å². The van der Waals surface area contributed by atoms with Gasteiger partial charge in [0.2, 0.25) is 0 Å². The molecule has 21 heavy (non-hydrogen) atoms. The van der Waals surface area contributed by atoms with Crippen LogP contribution in [-0.2, 0) is 0 Å². The number of carboxylic acids is 1. The number of halogens is 2. The standard InChI is InChI=1S/C14H9ClFNO4/c15-8-3-7(14(20)21)4-10(5-8)17-13(19)11-6-9(16)1-2-12(11)18/h1-6,18H,(H,17,19)(H,20,21). The van der Waals surface area contributed by atoms with Crippen molar-refractivity contribution in [3.8, 4) is 5.75 Å². The zero-order chi connectivity index (χ0) is 15.6. The molecule has 0 saturated carbocycles. The van der Waals surface area contributed by atoms with Gasteiger partial charge in [0, 0.05) is 10.7 Å². The highest BCUT2D eigenvalue weighted by atomic mass is 35.5. The van der Waals surface area contributed by atoms with Crippen LogP contribution in [-0.4, -0.2) is 22.1 Å². The van der Waals surface area contributed by atoms with E-state index in [0.29, 0.717) is 0 Å². The Balaban J connectivity index is 2.31. The highest BCUT2D eigenvalue weighted by molar-refractivity contribution is 6.31. The molecule has 1 amide bonds. The van der Waals surface area contributed by atoms with Crippen LogP contribution in [0.25, 0.3) is 0 Å². The van der Waals surface area contributed by atoms with Crippen molar-refractivity contribution in [2.24, 2.45) is 0 Å². The Labute approximate surface area is 123 Å². The molecular formula is C14H9ClFNO4. The summed E-state index contributed by atoms with van der Waals surface area (Å²) in [5.74, 6) is -3.07. The van der Waals surface area contributed by atoms with Gasteiger partial charge in [-0.1, -0.05) is 11.6 Å². The maximum Gasteiger partial charge on any atom is 0.335 e. The number of anilines is 1. The van der Waals surface area contributed by atoms with E-state index in [1.165, 1.54) is 18.2 Å². The van der Waals surface area contributed by atoms with Crippen molar-refractivity contribution >= 4 is 29.2 Å². The van der Waals surface area contributed by atoms with Gasteiger partial charge in [-0.3, -0.25) is 4.79 Å². The third-order valence-corrected chi connectivity index (χ3v) is 2.82. The van der Waals surface area contributed by atoms with E-state index < -0.39 is 23.4 Å². The van der Waals surface area contributed by atoms with Crippen molar-refractivity contribution in [1.82, 2.24) is 0 Å². The molecule has 3 N–H and O–H groups in total. The Morgan fingerprint density at radius 3 is 2.52 bits per heavy atom. The van der Waals surface area contributed by atoms with E-state index >= 15 is 0 Å². The molecule has 0 unspecified atom stereocenters. The van der Waals surface area contributed by atoms with Crippen LogP contribution >= 0.6 is 11.6 Å². The van der Waals surface area contributed by atoms with Gasteiger partial charge >= 0.3 is 5.97 Å². The summed E-state index contributed by atoms with van der Waals surface area (Å²) in [6.07, 6.45) is 0. The van der Waals surface area contributed by atoms with Gasteiger partial charge in [-0.15, -0.1) is 0 Å². The number of phenolic OH excluding ortho intramolecular Hbond substituents is 1. The van der Waals surface area contributed by atoms with Gasteiger partial charge in [0.25, 0.3) is 5.91 Å². The molecule has 0 bridgehead atoms. The smallest absolute Gasteiger partial charge is 0.335 e. The number of carboxylic acid groups (broad SMARTS) is 1. The van der Waals surface area contributed by atoms with Gasteiger partial charge in [0.1, 0.15) is 11.6 Å². The van der Waals surface area contributed by atoms with Gasteiger partial charge in [0.05, 0.1) is 11.1 Å². The SMILES string of the molecule is O=C(O)c1cc(Cl)cc(NC(=O)c2cc(F)ccc2O)c1. The molecule has 5 nitrogen and oxygen atoms in total. The van der Waals surface area contributed by atoms with Crippen LogP contribution < -0.4 is 5.32 Å². The lowest BCUT2D eigenvalue weighted by Crippen LogP contribution is -2.13. The van der Waals surface area contributed by atoms with Gasteiger partial charge in [0.15, 0.2) is 0 Å². The van der Waals surface area contributed by atoms with E-state index in [-0.39, 0.29) is 21.8 Å². The summed E-state index contributed by atoms with van der Waals surface area (Å²) in [5.41, 5.74) is -0.262. The highest BCUT2D eigenvalue weighted by Crippen LogP contribution is 2.22. The number of carbonyl (C=O) groups excluding carboxylic acids is 1. The predicted molar refractivity (Wildman–Crippen MR) is 74.4 cm³/mol. The molecule has 0 atom stereocenters. The number of benzene rings is 2. The molecule has 2 aromatic rings. The number of aromatic carboxylic acids is 1. The molecular weight excluding hydrogens is 301 g/mol. The lowest BCUT2D eigenvalue weighted by Gasteiger charge is -2.08. The Morgan fingerprint density at radius 2 is 1.86 bits per heavy atom. The first kappa shape index (κ1) is 14.8. The summed E-state index contributed by atoms with van der Waals surface area (Å²) < 4.78 is 13.1. The average molecular weight is 310 g/mol. The second-order valence-electron chi connectivity index (χ2n) is 4.15. The largest absolute Gasteiger partial charge is 0.507 e. The van der Waals surface area contributed by atoms with Gasteiger partial charge in [-0.05, 0) is 36.4 Å². The average Bonchev–Trinajstić information content (AvgIpc) is 2.40. The lowest BCUT2D eigenvalue weighted by atomic mass is 10.1. The van der Waals surface area contributed by atoms with Crippen molar-refractivity contribution in [2.45, 2.75) is 0 Å². The van der Waals surface area contributed by atoms with E-state index in [4.69, 9.17) is 16.7 Å². The van der Waals surface area contributed by atoms with Crippen LogP contribution in [0.2, 0.25) is 5.02 Å². The number of rotatable bonds is 3. The molecule has 2 aromatic carbocycles. The minimum Gasteiger partial charge on any atom is -0.507 e. The molecule has 7 heteroatoms. The van der Waals surface area contributed by atoms with Crippen LogP contribution in [0.1, 0.15) is 20.7 Å². The summed E-state index contributed by atoms with van der Waals surface area (Å²) in [6.45, 7) is 0. The van der Waals surface area contributed by atoms with Crippen LogP contribution in [0.15, 0.2) is 36.4 Å². The van der Waals surface area contributed by atoms with E-state index in [0.717, 1.165) is 18.2 Å². The predicted octanol–water partition coefficient (Wildman–Crippen LogP) is 3.14. The lowest BCUT2D eigenvalue weighted by molar-refractivity contribution is 0.0696. The number of carbonyl (C=O) groups is 2. The molecule has 0 fully saturated rings. The van der Waals surface area contributed by atoms with Crippen LogP contribution in [0.4, 0.5) is 10.1 Å². The zero-order valence-electron chi connectivity index (χ0n) is 10.4. The van der Waals surface area contributed by atoms with Gasteiger partial charge < -0.3 is 15.5 Å². The fourth-order valence-corrected chi connectivity index (χ4v) is 1.91. The van der Waals surface area contributed by atoms with E-state index in [1.54, 1.807) is 0 Å². The van der Waals surface area contributed by atoms with E-state index in [1.807, 2.05) is 0 Å². The zero-order valence-corrected chi connectivity index (χ0v) is 11.2. The van der Waals surface area contributed by atoms with Gasteiger partial charge in [-0.25, -0.2) is 9.18 Å². The normalized spacial score (nSPS) is 10.2. The second kappa shape index (κ2) is 5.80. The molecule has 0 spiro atoms. The first-order valence-electron chi connectivity index (χ1n) is 5.70. The Hall–Kier alpha value is -2.60. The minimum atomic E-state index is -1.21. The Morgan fingerprint density at radius 1 is 1.14 bits per heavy atom. The van der Waals surface area contributed by atoms with Crippen molar-refractivity contribution in [2.75, 3.05) is 5.32 Å². The van der Waals surface area contributed by atoms with Crippen LogP contribution in [0.3, 0.4) is 0 Å². The number of hydrogen-bond donors (Lipinski definition) is 3. The number of amides is 1. The fraction of sp³-hybridized carbons (Fsp3) is 0. The monoisotopic (exact) mass is 309 g/mol. The Kier molecular flexibility index (Phi) is 4.09. The third-order valence-electron chi connectivity index (χ3n) is 2.61. The molecule has 0 radical (unpaired) electrons. The summed E-state index contributed by atoms with van der Waals surface area (Å²) in [7, 11) is 0. The van der Waals surface area contributed by atoms with Crippen LogP contribution in [0, 0.1) is 5.82 Å². The second-order valence-corrected chi connectivity index (χ2v) is 4.59. The molecule has 108 valence electrons. The topological polar surface area (TPSA) is 86.6 Å². The van der Waals surface area contributed by atoms with E-state index in [2.05, 4.69) is 5.32 Å². The molecule has 0 aliphatic rings. The highest BCUT2D eigenvalue weighted by Gasteiger charge is 2.14. The third kappa shape index (κ3) is 3.49. The molecule has 2 rings (SSSR count). The molecule has 0 heterocycles. The first-order chi connectivity index (χ1) is 9.86. The summed E-state index contributed by atoms with van der Waals surface area (Å²) in [6, 6.07) is 6.68. The van der Waals surface area contributed by atoms with E-state index in [9.17, 15) is 19.1 Å². The number of aromatic hydroxyl groups is 1. The number of hydrogen-bond acceptors (Lipinski definition) is 3. The molecule has 0 aliphatic heterocycles. The maximum atomic E-state index is 13.1. The summed E-state index contributed by atoms with van der Waals surface area (Å²) in [5, 5.41) is 20.9. The molecule has 0 aromatic heterocycles. The summed E-state index contributed by atoms with van der Waals surface area (Å²) in [4.78, 5) is 22.9. The quantitative estimate of drug-likeness (QED) is 0.813. The molecule has 0 aliphatic carbocycles. The van der Waals surface area contributed by atoms with Gasteiger partial charge in [-0.2, -0.15) is 0 Å². The Bertz CT molecular complexity index is 733. The number of nitrogens with one attached hydrogen (secondary N) is 1. The number of phenols is 1. The van der Waals surface area contributed by atoms with Crippen molar-refractivity contribution < 1.29 is 24.2 Å². The summed E-state index contributed by atoms with van der Waals surface area (Å²) >= 11 is 5.76. The maximum absolute atomic E-state index is 13.1. The molecule has 0 saturated heterocycles. The van der Waals surface area contributed by atoms with Crippen LogP contribution in [0.5, 0.6) is 5.75 Å². The first-order valence-corrected chi connectivity index (χ1v) is 6.08. The fourth-order valence-electron chi connectivity index (χ4n) is 1.67. The van der Waals surface area contributed by atoms with Crippen molar-refractivity contribution in [3.63, 3.8) is 0 Å².